The maximum Gasteiger partial charge on any atom is 0.0538 e. The van der Waals surface area contributed by atoms with E-state index < -0.39 is 0 Å². The molecular formula is C51H47N. The molecule has 6 aromatic carbocycles. The summed E-state index contributed by atoms with van der Waals surface area (Å²) < 4.78 is 2.48. The summed E-state index contributed by atoms with van der Waals surface area (Å²) in [6, 6.07) is 54.5. The molecule has 256 valence electrons. The zero-order valence-corrected chi connectivity index (χ0v) is 31.0. The third-order valence-electron chi connectivity index (χ3n) is 11.1. The normalized spacial score (nSPS) is 17.1. The summed E-state index contributed by atoms with van der Waals surface area (Å²) in [6.45, 7) is 11.2. The van der Waals surface area contributed by atoms with Gasteiger partial charge in [-0.1, -0.05) is 176 Å². The number of benzene rings is 6. The summed E-state index contributed by atoms with van der Waals surface area (Å²) >= 11 is 0. The van der Waals surface area contributed by atoms with Gasteiger partial charge in [0.2, 0.25) is 0 Å². The molecule has 0 spiro atoms. The van der Waals surface area contributed by atoms with Gasteiger partial charge in [0.05, 0.1) is 5.52 Å². The van der Waals surface area contributed by atoms with Gasteiger partial charge in [0.15, 0.2) is 0 Å². The largest absolute Gasteiger partial charge is 0.312 e. The predicted octanol–water partition coefficient (Wildman–Crippen LogP) is 13.7. The van der Waals surface area contributed by atoms with Crippen molar-refractivity contribution in [2.75, 3.05) is 0 Å². The topological polar surface area (TPSA) is 4.93 Å². The number of allylic oxidation sites excluding steroid dienone is 4. The number of hydrogen-bond donors (Lipinski definition) is 0. The number of aryl methyl sites for hydroxylation is 2. The molecule has 0 amide bonds. The van der Waals surface area contributed by atoms with Gasteiger partial charge in [0.25, 0.3) is 0 Å². The molecular weight excluding hydrogens is 627 g/mol. The molecule has 1 heteroatoms. The van der Waals surface area contributed by atoms with Crippen molar-refractivity contribution < 1.29 is 0 Å². The van der Waals surface area contributed by atoms with Crippen molar-refractivity contribution in [3.63, 3.8) is 0 Å². The monoisotopic (exact) mass is 673 g/mol. The molecule has 0 bridgehead atoms. The van der Waals surface area contributed by atoms with Crippen LogP contribution < -0.4 is 0 Å². The van der Waals surface area contributed by atoms with Gasteiger partial charge in [-0.05, 0) is 96.7 Å². The Bertz CT molecular complexity index is 2420. The van der Waals surface area contributed by atoms with E-state index in [0.29, 0.717) is 0 Å². The average Bonchev–Trinajstić information content (AvgIpc) is 3.85. The van der Waals surface area contributed by atoms with Crippen LogP contribution in [-0.2, 0) is 5.41 Å². The van der Waals surface area contributed by atoms with Crippen molar-refractivity contribution in [3.05, 3.63) is 198 Å². The van der Waals surface area contributed by atoms with E-state index >= 15 is 0 Å². The molecule has 0 N–H and O–H groups in total. The Morgan fingerprint density at radius 3 is 1.92 bits per heavy atom. The molecule has 1 nitrogen and oxygen atoms in total. The molecule has 3 aliphatic rings. The first kappa shape index (κ1) is 33.5. The van der Waals surface area contributed by atoms with Gasteiger partial charge in [0, 0.05) is 27.7 Å². The van der Waals surface area contributed by atoms with Gasteiger partial charge in [-0.25, -0.2) is 0 Å². The van der Waals surface area contributed by atoms with Crippen molar-refractivity contribution in [3.8, 4) is 39.1 Å². The van der Waals surface area contributed by atoms with E-state index in [1.165, 1.54) is 78.8 Å². The summed E-state index contributed by atoms with van der Waals surface area (Å²) in [5, 5.41) is 1.33. The van der Waals surface area contributed by atoms with Crippen LogP contribution in [0.4, 0.5) is 0 Å². The smallest absolute Gasteiger partial charge is 0.0538 e. The lowest BCUT2D eigenvalue weighted by molar-refractivity contribution is 0.624. The van der Waals surface area contributed by atoms with Crippen LogP contribution >= 0.6 is 0 Å². The quantitative estimate of drug-likeness (QED) is 0.176. The second-order valence-electron chi connectivity index (χ2n) is 15.2. The minimum Gasteiger partial charge on any atom is -0.312 e. The lowest BCUT2D eigenvalue weighted by Gasteiger charge is -2.24. The Labute approximate surface area is 309 Å². The highest BCUT2D eigenvalue weighted by Gasteiger charge is 2.40. The van der Waals surface area contributed by atoms with E-state index in [9.17, 15) is 0 Å². The van der Waals surface area contributed by atoms with E-state index in [1.807, 2.05) is 6.07 Å². The van der Waals surface area contributed by atoms with Crippen LogP contribution in [0.3, 0.4) is 0 Å². The van der Waals surface area contributed by atoms with Crippen LogP contribution in [-0.4, -0.2) is 4.57 Å². The van der Waals surface area contributed by atoms with E-state index in [0.717, 1.165) is 11.8 Å². The number of para-hydroxylation sites is 1. The van der Waals surface area contributed by atoms with Gasteiger partial charge in [-0.2, -0.15) is 0 Å². The molecule has 1 aromatic heterocycles. The summed E-state index contributed by atoms with van der Waals surface area (Å²) in [6.07, 6.45) is 8.15. The molecule has 0 saturated heterocycles. The Morgan fingerprint density at radius 2 is 1.21 bits per heavy atom. The highest BCUT2D eigenvalue weighted by molar-refractivity contribution is 6.05. The highest BCUT2D eigenvalue weighted by Crippen LogP contribution is 2.54. The first-order valence-electron chi connectivity index (χ1n) is 18.7. The zero-order valence-electron chi connectivity index (χ0n) is 31.0. The molecule has 10 rings (SSSR count). The fourth-order valence-electron chi connectivity index (χ4n) is 8.18. The molecule has 1 fully saturated rings. The first-order chi connectivity index (χ1) is 25.3. The van der Waals surface area contributed by atoms with Gasteiger partial charge in [0.1, 0.15) is 0 Å². The molecule has 3 aliphatic carbocycles. The average molecular weight is 674 g/mol. The first-order valence-corrected chi connectivity index (χ1v) is 18.7. The summed E-state index contributed by atoms with van der Waals surface area (Å²) in [7, 11) is 0. The number of hydrogen-bond acceptors (Lipinski definition) is 0. The van der Waals surface area contributed by atoms with Gasteiger partial charge in [-0.15, -0.1) is 0 Å². The predicted molar refractivity (Wildman–Crippen MR) is 222 cm³/mol. The van der Waals surface area contributed by atoms with E-state index in [2.05, 4.69) is 203 Å². The molecule has 2 unspecified atom stereocenters. The maximum atomic E-state index is 2.48. The summed E-state index contributed by atoms with van der Waals surface area (Å²) in [4.78, 5) is 0. The fraction of sp³-hybridized carbons (Fsp3) is 0.176. The number of nitrogens with zero attached hydrogens (tertiary/aromatic N) is 1. The van der Waals surface area contributed by atoms with Crippen molar-refractivity contribution in [2.45, 2.75) is 46.5 Å². The lowest BCUT2D eigenvalue weighted by Crippen LogP contribution is -2.19. The zero-order chi connectivity index (χ0) is 35.8. The molecule has 2 atom stereocenters. The molecule has 7 aromatic rings. The van der Waals surface area contributed by atoms with Crippen LogP contribution in [0.2, 0.25) is 0 Å². The van der Waals surface area contributed by atoms with Crippen molar-refractivity contribution >= 4 is 10.9 Å². The third kappa shape index (κ3) is 6.37. The lowest BCUT2D eigenvalue weighted by atomic mass is 9.85. The minimum atomic E-state index is -0.0647. The third-order valence-corrected chi connectivity index (χ3v) is 11.1. The number of aromatic nitrogens is 1. The SMILES string of the molecule is CC1=CC=CC2CC12.Cc1ccc(-c2ccc3c(c2)c2c(n3-c3ccccc3)C(C)(C)c3ccccc3-2)cc1.Cc1cccc(-c2ccccc2)c1. The second kappa shape index (κ2) is 13.8. The second-order valence-corrected chi connectivity index (χ2v) is 15.2. The van der Waals surface area contributed by atoms with Crippen molar-refractivity contribution in [2.24, 2.45) is 11.8 Å². The van der Waals surface area contributed by atoms with Crippen LogP contribution in [0, 0.1) is 25.7 Å². The number of rotatable bonds is 3. The summed E-state index contributed by atoms with van der Waals surface area (Å²) in [5.74, 6) is 1.87. The Kier molecular flexibility index (Phi) is 8.89. The van der Waals surface area contributed by atoms with Crippen molar-refractivity contribution in [1.29, 1.82) is 0 Å². The van der Waals surface area contributed by atoms with Crippen LogP contribution in [0.15, 0.2) is 175 Å². The van der Waals surface area contributed by atoms with E-state index in [1.54, 1.807) is 5.57 Å². The number of fused-ring (bicyclic) bond motifs is 6. The maximum absolute atomic E-state index is 2.48. The Morgan fingerprint density at radius 1 is 0.577 bits per heavy atom. The van der Waals surface area contributed by atoms with Gasteiger partial charge in [-0.3, -0.25) is 0 Å². The van der Waals surface area contributed by atoms with Crippen LogP contribution in [0.1, 0.15) is 49.6 Å². The van der Waals surface area contributed by atoms with Crippen LogP contribution in [0.5, 0.6) is 0 Å². The highest BCUT2D eigenvalue weighted by atomic mass is 15.0. The molecule has 1 saturated carbocycles. The molecule has 0 aliphatic heterocycles. The van der Waals surface area contributed by atoms with Gasteiger partial charge < -0.3 is 4.57 Å². The Balaban J connectivity index is 0.000000149. The molecule has 1 heterocycles. The Hall–Kier alpha value is -5.66. The van der Waals surface area contributed by atoms with Gasteiger partial charge >= 0.3 is 0 Å². The fourth-order valence-corrected chi connectivity index (χ4v) is 8.18. The molecule has 52 heavy (non-hydrogen) atoms. The van der Waals surface area contributed by atoms with Crippen molar-refractivity contribution in [1.82, 2.24) is 4.57 Å². The summed E-state index contributed by atoms with van der Waals surface area (Å²) in [5.41, 5.74) is 17.3. The molecule has 0 radical (unpaired) electrons. The van der Waals surface area contributed by atoms with E-state index in [4.69, 9.17) is 0 Å². The van der Waals surface area contributed by atoms with E-state index in [-0.39, 0.29) is 5.41 Å². The van der Waals surface area contributed by atoms with Crippen LogP contribution in [0.25, 0.3) is 50.0 Å². The standard InChI is InChI=1S/C30H25N.C13H12.C8H10/c1-20-13-15-21(16-14-20)22-17-18-27-25(19-22)28-24-11-7-8-12-26(24)30(2,3)29(28)31(27)23-9-5-4-6-10-23;1-11-6-5-9-13(10-11)12-7-3-2-4-8-12;1-6-3-2-4-7-5-8(6)7/h4-19H,1-3H3;2-10H,1H3;2-4,7-8H,5H2,1H3. The minimum absolute atomic E-state index is 0.0647.